The molecule has 1 rings (SSSR count). The van der Waals surface area contributed by atoms with E-state index in [4.69, 9.17) is 4.74 Å². The summed E-state index contributed by atoms with van der Waals surface area (Å²) in [6, 6.07) is 5.11. The van der Waals surface area contributed by atoms with Crippen LogP contribution in [0.15, 0.2) is 18.2 Å². The van der Waals surface area contributed by atoms with Crippen molar-refractivity contribution in [2.24, 2.45) is 0 Å². The molecule has 0 aromatic heterocycles. The van der Waals surface area contributed by atoms with E-state index in [0.717, 1.165) is 31.6 Å². The minimum Gasteiger partial charge on any atom is -0.494 e. The van der Waals surface area contributed by atoms with Gasteiger partial charge in [-0.1, -0.05) is 6.07 Å². The zero-order chi connectivity index (χ0) is 12.7. The fourth-order valence-electron chi connectivity index (χ4n) is 1.72. The first-order chi connectivity index (χ1) is 8.17. The van der Waals surface area contributed by atoms with E-state index >= 15 is 0 Å². The van der Waals surface area contributed by atoms with Crippen molar-refractivity contribution in [3.8, 4) is 5.75 Å². The van der Waals surface area contributed by atoms with E-state index in [0.29, 0.717) is 5.75 Å². The Bertz CT molecular complexity index is 344. The Labute approximate surface area is 103 Å². The topological polar surface area (TPSA) is 24.5 Å². The van der Waals surface area contributed by atoms with Gasteiger partial charge in [0.15, 0.2) is 11.6 Å². The van der Waals surface area contributed by atoms with Crippen LogP contribution in [0, 0.1) is 5.82 Å². The summed E-state index contributed by atoms with van der Waals surface area (Å²) in [6.07, 6.45) is 1.09. The van der Waals surface area contributed by atoms with Gasteiger partial charge >= 0.3 is 0 Å². The van der Waals surface area contributed by atoms with E-state index in [-0.39, 0.29) is 5.82 Å². The summed E-state index contributed by atoms with van der Waals surface area (Å²) in [4.78, 5) is 2.18. The number of ether oxygens (including phenoxy) is 1. The molecule has 0 atom stereocenters. The van der Waals surface area contributed by atoms with Gasteiger partial charge in [-0.25, -0.2) is 4.39 Å². The Morgan fingerprint density at radius 2 is 2.18 bits per heavy atom. The van der Waals surface area contributed by atoms with E-state index in [1.54, 1.807) is 6.07 Å². The first-order valence-electron chi connectivity index (χ1n) is 5.83. The third kappa shape index (κ3) is 4.71. The van der Waals surface area contributed by atoms with Crippen LogP contribution in [-0.4, -0.2) is 39.2 Å². The quantitative estimate of drug-likeness (QED) is 0.736. The lowest BCUT2D eigenvalue weighted by molar-refractivity contribution is 0.319. The molecule has 1 aromatic carbocycles. The molecule has 0 saturated heterocycles. The molecule has 96 valence electrons. The first-order valence-corrected chi connectivity index (χ1v) is 5.83. The van der Waals surface area contributed by atoms with Gasteiger partial charge in [-0.15, -0.1) is 0 Å². The SMILES string of the molecule is CNCCCN(C)Cc1ccc(OC)c(F)c1. The van der Waals surface area contributed by atoms with Crippen molar-refractivity contribution in [3.05, 3.63) is 29.6 Å². The zero-order valence-electron chi connectivity index (χ0n) is 10.8. The maximum Gasteiger partial charge on any atom is 0.165 e. The van der Waals surface area contributed by atoms with Gasteiger partial charge in [0.25, 0.3) is 0 Å². The molecule has 0 amide bonds. The largest absolute Gasteiger partial charge is 0.494 e. The second-order valence-corrected chi connectivity index (χ2v) is 4.16. The van der Waals surface area contributed by atoms with Crippen molar-refractivity contribution in [2.75, 3.05) is 34.3 Å². The molecule has 0 fully saturated rings. The van der Waals surface area contributed by atoms with Crippen molar-refractivity contribution in [3.63, 3.8) is 0 Å². The molecule has 0 aliphatic rings. The summed E-state index contributed by atoms with van der Waals surface area (Å²) >= 11 is 0. The Kier molecular flexibility index (Phi) is 5.94. The Morgan fingerprint density at radius 1 is 1.41 bits per heavy atom. The second-order valence-electron chi connectivity index (χ2n) is 4.16. The molecule has 0 bridgehead atoms. The Morgan fingerprint density at radius 3 is 2.76 bits per heavy atom. The van der Waals surface area contributed by atoms with Crippen LogP contribution < -0.4 is 10.1 Å². The third-order valence-electron chi connectivity index (χ3n) is 2.64. The molecule has 0 unspecified atom stereocenters. The van der Waals surface area contributed by atoms with E-state index in [1.165, 1.54) is 13.2 Å². The summed E-state index contributed by atoms with van der Waals surface area (Å²) in [6.45, 7) is 2.75. The molecule has 1 N–H and O–H groups in total. The van der Waals surface area contributed by atoms with Crippen molar-refractivity contribution >= 4 is 0 Å². The van der Waals surface area contributed by atoms with Crippen molar-refractivity contribution < 1.29 is 9.13 Å². The number of benzene rings is 1. The molecule has 0 aliphatic heterocycles. The normalized spacial score (nSPS) is 10.9. The van der Waals surface area contributed by atoms with Crippen LogP contribution in [0.4, 0.5) is 4.39 Å². The first kappa shape index (κ1) is 13.9. The lowest BCUT2D eigenvalue weighted by Gasteiger charge is -2.16. The maximum absolute atomic E-state index is 13.5. The molecule has 0 saturated carbocycles. The molecule has 0 spiro atoms. The number of hydrogen-bond donors (Lipinski definition) is 1. The Hall–Kier alpha value is -1.13. The number of halogens is 1. The van der Waals surface area contributed by atoms with Gasteiger partial charge in [0, 0.05) is 6.54 Å². The summed E-state index contributed by atoms with van der Waals surface area (Å²) in [5.41, 5.74) is 0.968. The van der Waals surface area contributed by atoms with Gasteiger partial charge in [0.2, 0.25) is 0 Å². The van der Waals surface area contributed by atoms with Gasteiger partial charge in [0.1, 0.15) is 0 Å². The smallest absolute Gasteiger partial charge is 0.165 e. The van der Waals surface area contributed by atoms with Gasteiger partial charge < -0.3 is 15.0 Å². The van der Waals surface area contributed by atoms with Crippen LogP contribution in [-0.2, 0) is 6.54 Å². The molecule has 0 heterocycles. The fourth-order valence-corrected chi connectivity index (χ4v) is 1.72. The van der Waals surface area contributed by atoms with Gasteiger partial charge in [0.05, 0.1) is 7.11 Å². The molecule has 0 aliphatic carbocycles. The Balaban J connectivity index is 2.48. The lowest BCUT2D eigenvalue weighted by Crippen LogP contribution is -2.22. The van der Waals surface area contributed by atoms with Gasteiger partial charge in [-0.2, -0.15) is 0 Å². The average Bonchev–Trinajstić information content (AvgIpc) is 2.29. The highest BCUT2D eigenvalue weighted by Gasteiger charge is 2.05. The minimum absolute atomic E-state index is 0.298. The van der Waals surface area contributed by atoms with Crippen LogP contribution in [0.3, 0.4) is 0 Å². The molecular weight excluding hydrogens is 219 g/mol. The maximum atomic E-state index is 13.5. The number of rotatable bonds is 7. The van der Waals surface area contributed by atoms with Crippen LogP contribution in [0.25, 0.3) is 0 Å². The minimum atomic E-state index is -0.298. The second kappa shape index (κ2) is 7.25. The monoisotopic (exact) mass is 240 g/mol. The average molecular weight is 240 g/mol. The highest BCUT2D eigenvalue weighted by Crippen LogP contribution is 2.18. The standard InChI is InChI=1S/C13H21FN2O/c1-15-7-4-8-16(2)10-11-5-6-13(17-3)12(14)9-11/h5-6,9,15H,4,7-8,10H2,1-3H3. The highest BCUT2D eigenvalue weighted by atomic mass is 19.1. The molecule has 0 radical (unpaired) electrons. The van der Waals surface area contributed by atoms with Gasteiger partial charge in [-0.05, 0) is 51.3 Å². The van der Waals surface area contributed by atoms with Crippen LogP contribution in [0.2, 0.25) is 0 Å². The predicted octanol–water partition coefficient (Wildman–Crippen LogP) is 1.88. The molecule has 3 nitrogen and oxygen atoms in total. The van der Waals surface area contributed by atoms with E-state index in [1.807, 2.05) is 20.2 Å². The number of hydrogen-bond acceptors (Lipinski definition) is 3. The highest BCUT2D eigenvalue weighted by molar-refractivity contribution is 5.29. The van der Waals surface area contributed by atoms with Gasteiger partial charge in [-0.3, -0.25) is 0 Å². The predicted molar refractivity (Wildman–Crippen MR) is 67.8 cm³/mol. The zero-order valence-corrected chi connectivity index (χ0v) is 10.8. The van der Waals surface area contributed by atoms with Crippen molar-refractivity contribution in [1.82, 2.24) is 10.2 Å². The number of nitrogens with one attached hydrogen (secondary N) is 1. The van der Waals surface area contributed by atoms with Crippen molar-refractivity contribution in [2.45, 2.75) is 13.0 Å². The molecule has 17 heavy (non-hydrogen) atoms. The molecule has 1 aromatic rings. The fraction of sp³-hybridized carbons (Fsp3) is 0.538. The van der Waals surface area contributed by atoms with Crippen LogP contribution in [0.1, 0.15) is 12.0 Å². The van der Waals surface area contributed by atoms with Crippen molar-refractivity contribution in [1.29, 1.82) is 0 Å². The summed E-state index contributed by atoms with van der Waals surface area (Å²) in [5.74, 6) is 0.000195. The number of methoxy groups -OCH3 is 1. The lowest BCUT2D eigenvalue weighted by atomic mass is 10.2. The molecular formula is C13H21FN2O. The summed E-state index contributed by atoms with van der Waals surface area (Å²) in [7, 11) is 5.46. The third-order valence-corrected chi connectivity index (χ3v) is 2.64. The summed E-state index contributed by atoms with van der Waals surface area (Å²) < 4.78 is 18.3. The van der Waals surface area contributed by atoms with E-state index < -0.39 is 0 Å². The van der Waals surface area contributed by atoms with E-state index in [2.05, 4.69) is 10.2 Å². The van der Waals surface area contributed by atoms with Crippen LogP contribution in [0.5, 0.6) is 5.75 Å². The summed E-state index contributed by atoms with van der Waals surface area (Å²) in [5, 5.41) is 3.11. The van der Waals surface area contributed by atoms with Crippen LogP contribution >= 0.6 is 0 Å². The van der Waals surface area contributed by atoms with E-state index in [9.17, 15) is 4.39 Å². The number of nitrogens with zero attached hydrogens (tertiary/aromatic N) is 1. The molecule has 4 heteroatoms.